The van der Waals surface area contributed by atoms with Gasteiger partial charge in [0.05, 0.1) is 6.61 Å². The molecule has 0 aromatic heterocycles. The summed E-state index contributed by atoms with van der Waals surface area (Å²) in [7, 11) is 0. The second-order valence-corrected chi connectivity index (χ2v) is 16.3. The Hall–Kier alpha value is -3.44. The van der Waals surface area contributed by atoms with Crippen LogP contribution in [-0.2, 0) is 23.8 Å². The lowest BCUT2D eigenvalue weighted by molar-refractivity contribution is -0.162. The first-order valence-corrected chi connectivity index (χ1v) is 25.4. The highest BCUT2D eigenvalue weighted by Crippen LogP contribution is 2.14. The van der Waals surface area contributed by atoms with Gasteiger partial charge in [-0.25, -0.2) is 0 Å². The van der Waals surface area contributed by atoms with Crippen molar-refractivity contribution >= 4 is 11.9 Å². The van der Waals surface area contributed by atoms with Crippen LogP contribution in [-0.4, -0.2) is 37.9 Å². The van der Waals surface area contributed by atoms with Gasteiger partial charge < -0.3 is 14.2 Å². The van der Waals surface area contributed by atoms with Crippen molar-refractivity contribution in [3.05, 3.63) is 109 Å². The summed E-state index contributed by atoms with van der Waals surface area (Å²) in [5.74, 6) is -0.516. The zero-order chi connectivity index (χ0) is 44.9. The minimum Gasteiger partial charge on any atom is -0.462 e. The average Bonchev–Trinajstić information content (AvgIpc) is 3.27. The van der Waals surface area contributed by atoms with Gasteiger partial charge in [0.15, 0.2) is 6.10 Å². The molecule has 0 aliphatic rings. The molecule has 5 nitrogen and oxygen atoms in total. The van der Waals surface area contributed by atoms with Gasteiger partial charge in [-0.1, -0.05) is 214 Å². The summed E-state index contributed by atoms with van der Waals surface area (Å²) in [4.78, 5) is 25.4. The normalized spacial score (nSPS) is 13.1. The molecule has 1 unspecified atom stereocenters. The van der Waals surface area contributed by atoms with Crippen LogP contribution in [0, 0.1) is 0 Å². The van der Waals surface area contributed by atoms with E-state index in [4.69, 9.17) is 14.2 Å². The number of carbonyl (C=O) groups excluding carboxylic acids is 2. The number of allylic oxidation sites excluding steroid dienone is 18. The largest absolute Gasteiger partial charge is 0.462 e. The van der Waals surface area contributed by atoms with E-state index >= 15 is 0 Å². The maximum atomic E-state index is 12.8. The highest BCUT2D eigenvalue weighted by Gasteiger charge is 2.17. The molecule has 0 bridgehead atoms. The van der Waals surface area contributed by atoms with Gasteiger partial charge >= 0.3 is 11.9 Å². The van der Waals surface area contributed by atoms with E-state index < -0.39 is 6.10 Å². The molecule has 0 aromatic carbocycles. The maximum absolute atomic E-state index is 12.8. The van der Waals surface area contributed by atoms with Crippen molar-refractivity contribution in [2.75, 3.05) is 19.8 Å². The van der Waals surface area contributed by atoms with Gasteiger partial charge in [-0.3, -0.25) is 9.59 Å². The summed E-state index contributed by atoms with van der Waals surface area (Å²) in [6.45, 7) is 7.49. The van der Waals surface area contributed by atoms with E-state index in [0.29, 0.717) is 19.4 Å². The first-order valence-electron chi connectivity index (χ1n) is 25.4. The molecule has 0 aliphatic heterocycles. The molecule has 1 atom stereocenters. The van der Waals surface area contributed by atoms with Crippen LogP contribution >= 0.6 is 0 Å². The van der Waals surface area contributed by atoms with Crippen LogP contribution in [0.15, 0.2) is 109 Å². The van der Waals surface area contributed by atoms with Gasteiger partial charge in [0, 0.05) is 19.4 Å². The predicted molar refractivity (Wildman–Crippen MR) is 269 cm³/mol. The molecule has 352 valence electrons. The molecule has 0 saturated heterocycles. The van der Waals surface area contributed by atoms with Crippen LogP contribution in [0.1, 0.15) is 213 Å². The summed E-state index contributed by atoms with van der Waals surface area (Å²) in [6, 6.07) is 0. The van der Waals surface area contributed by atoms with Gasteiger partial charge in [0.25, 0.3) is 0 Å². The van der Waals surface area contributed by atoms with Crippen LogP contribution in [0.4, 0.5) is 0 Å². The Bertz CT molecular complexity index is 1250. The number of hydrogen-bond acceptors (Lipinski definition) is 5. The van der Waals surface area contributed by atoms with Crippen molar-refractivity contribution in [1.29, 1.82) is 0 Å². The highest BCUT2D eigenvalue weighted by atomic mass is 16.6. The van der Waals surface area contributed by atoms with Crippen molar-refractivity contribution in [3.8, 4) is 0 Å². The molecule has 0 N–H and O–H groups in total. The van der Waals surface area contributed by atoms with Crippen LogP contribution in [0.5, 0.6) is 0 Å². The molecule has 0 rings (SSSR count). The van der Waals surface area contributed by atoms with Crippen molar-refractivity contribution in [3.63, 3.8) is 0 Å². The van der Waals surface area contributed by atoms with E-state index in [1.807, 2.05) is 0 Å². The maximum Gasteiger partial charge on any atom is 0.306 e. The number of esters is 2. The summed E-state index contributed by atoms with van der Waals surface area (Å²) in [5.41, 5.74) is 0. The second-order valence-electron chi connectivity index (χ2n) is 16.3. The molecular formula is C57H94O5. The molecule has 62 heavy (non-hydrogen) atoms. The van der Waals surface area contributed by atoms with E-state index in [2.05, 4.69) is 130 Å². The topological polar surface area (TPSA) is 61.8 Å². The smallest absolute Gasteiger partial charge is 0.306 e. The summed E-state index contributed by atoms with van der Waals surface area (Å²) >= 11 is 0. The van der Waals surface area contributed by atoms with E-state index in [9.17, 15) is 9.59 Å². The third-order valence-electron chi connectivity index (χ3n) is 10.3. The van der Waals surface area contributed by atoms with Crippen molar-refractivity contribution in [2.45, 2.75) is 219 Å². The van der Waals surface area contributed by atoms with Gasteiger partial charge in [0.1, 0.15) is 6.61 Å². The zero-order valence-corrected chi connectivity index (χ0v) is 40.3. The Morgan fingerprint density at radius 1 is 0.371 bits per heavy atom. The molecule has 0 fully saturated rings. The van der Waals surface area contributed by atoms with E-state index in [1.165, 1.54) is 77.0 Å². The Balaban J connectivity index is 4.44. The minimum absolute atomic E-state index is 0.0347. The lowest BCUT2D eigenvalue weighted by Crippen LogP contribution is -2.30. The monoisotopic (exact) mass is 859 g/mol. The van der Waals surface area contributed by atoms with E-state index in [1.54, 1.807) is 0 Å². The number of ether oxygens (including phenoxy) is 3. The molecule has 0 spiro atoms. The Morgan fingerprint density at radius 2 is 0.742 bits per heavy atom. The predicted octanol–water partition coefficient (Wildman–Crippen LogP) is 17.2. The Morgan fingerprint density at radius 3 is 1.18 bits per heavy atom. The van der Waals surface area contributed by atoms with Crippen LogP contribution in [0.2, 0.25) is 0 Å². The Labute approximate surface area is 383 Å². The molecule has 0 radical (unpaired) electrons. The fraction of sp³-hybridized carbons (Fsp3) is 0.649. The first kappa shape index (κ1) is 58.6. The summed E-state index contributed by atoms with van der Waals surface area (Å²) in [6.07, 6.45) is 71.0. The summed E-state index contributed by atoms with van der Waals surface area (Å²) < 4.78 is 17.3. The highest BCUT2D eigenvalue weighted by molar-refractivity contribution is 5.70. The number of rotatable bonds is 45. The Kier molecular flexibility index (Phi) is 49.0. The standard InChI is InChI=1S/C57H94O5/c1-4-7-10-13-16-19-22-25-28-29-31-32-35-38-41-44-47-50-56(58)61-54-55(53-60-52-49-46-43-40-37-34-27-24-21-18-15-12-9-6-3)62-57(59)51-48-45-42-39-36-33-30-26-23-20-17-14-11-8-5-2/h7-8,10-11,16-17,19-20,25-26,28,30-32,36,38-39,41,55H,4-6,9,12-15,18,21-24,27,29,33-35,37,40,42-54H2,1-3H3/b10-7-,11-8-,19-16-,20-17-,28-25-,30-26-,32-31-,39-36-,41-38-. The molecule has 0 heterocycles. The third kappa shape index (κ3) is 49.2. The van der Waals surface area contributed by atoms with E-state index in [-0.39, 0.29) is 25.2 Å². The zero-order valence-electron chi connectivity index (χ0n) is 40.3. The molecular weight excluding hydrogens is 765 g/mol. The number of carbonyl (C=O) groups is 2. The average molecular weight is 859 g/mol. The molecule has 0 amide bonds. The van der Waals surface area contributed by atoms with Gasteiger partial charge in [-0.15, -0.1) is 0 Å². The fourth-order valence-electron chi connectivity index (χ4n) is 6.59. The third-order valence-corrected chi connectivity index (χ3v) is 10.3. The second kappa shape index (κ2) is 51.9. The molecule has 0 saturated carbocycles. The lowest BCUT2D eigenvalue weighted by Gasteiger charge is -2.18. The minimum atomic E-state index is -0.585. The quantitative estimate of drug-likeness (QED) is 0.0347. The fourth-order valence-corrected chi connectivity index (χ4v) is 6.59. The first-order chi connectivity index (χ1) is 30.6. The van der Waals surface area contributed by atoms with E-state index in [0.717, 1.165) is 103 Å². The van der Waals surface area contributed by atoms with Crippen LogP contribution in [0.3, 0.4) is 0 Å². The number of unbranched alkanes of at least 4 members (excludes halogenated alkanes) is 16. The van der Waals surface area contributed by atoms with Gasteiger partial charge in [-0.05, 0) is 96.3 Å². The van der Waals surface area contributed by atoms with Gasteiger partial charge in [-0.2, -0.15) is 0 Å². The molecule has 0 aliphatic carbocycles. The molecule has 0 aromatic rings. The van der Waals surface area contributed by atoms with Crippen molar-refractivity contribution in [1.82, 2.24) is 0 Å². The SMILES string of the molecule is CC/C=C\C/C=C\C/C=C\C/C=C\C/C=C\CCCC(=O)OCC(COCCCCCCCCCCCCCCCC)OC(=O)CCCC/C=C\C/C=C\C/C=C\C/C=C\CC. The summed E-state index contributed by atoms with van der Waals surface area (Å²) in [5, 5.41) is 0. The van der Waals surface area contributed by atoms with Crippen molar-refractivity contribution in [2.24, 2.45) is 0 Å². The lowest BCUT2D eigenvalue weighted by atomic mass is 10.0. The van der Waals surface area contributed by atoms with Crippen LogP contribution in [0.25, 0.3) is 0 Å². The molecule has 5 heteroatoms. The van der Waals surface area contributed by atoms with Crippen molar-refractivity contribution < 1.29 is 23.8 Å². The van der Waals surface area contributed by atoms with Crippen LogP contribution < -0.4 is 0 Å². The number of hydrogen-bond donors (Lipinski definition) is 0. The van der Waals surface area contributed by atoms with Gasteiger partial charge in [0.2, 0.25) is 0 Å².